The van der Waals surface area contributed by atoms with Crippen molar-refractivity contribution >= 4 is 44.8 Å². The molecule has 0 aliphatic heterocycles. The van der Waals surface area contributed by atoms with Gasteiger partial charge in [0.2, 0.25) is 15.9 Å². The Bertz CT molecular complexity index is 1340. The quantitative estimate of drug-likeness (QED) is 0.519. The van der Waals surface area contributed by atoms with Crippen molar-refractivity contribution in [3.8, 4) is 0 Å². The largest absolute Gasteiger partial charge is 0.324 e. The number of sulfonamides is 1. The number of carbonyl (C=O) groups is 1. The van der Waals surface area contributed by atoms with Gasteiger partial charge in [-0.05, 0) is 43.7 Å². The number of aryl methyl sites for hydroxylation is 2. The number of benzene rings is 1. The standard InChI is InChI=1S/C20H19Cl2N5O4S/c1-12-6-7-14(26-18(28)11-27-20(29)19(22)16(21)10-23-27)8-17(12)32(30,31)24-9-15-5-3-4-13(2)25-15/h3-8,10,24H,9,11H2,1-2H3,(H,26,28). The molecular weight excluding hydrogens is 477 g/mol. The summed E-state index contributed by atoms with van der Waals surface area (Å²) in [7, 11) is -3.88. The highest BCUT2D eigenvalue weighted by atomic mass is 35.5. The van der Waals surface area contributed by atoms with Crippen LogP contribution in [0.15, 0.2) is 52.3 Å². The topological polar surface area (TPSA) is 123 Å². The van der Waals surface area contributed by atoms with Gasteiger partial charge in [-0.15, -0.1) is 0 Å². The van der Waals surface area contributed by atoms with Crippen LogP contribution < -0.4 is 15.6 Å². The van der Waals surface area contributed by atoms with Crippen molar-refractivity contribution in [3.63, 3.8) is 0 Å². The minimum Gasteiger partial charge on any atom is -0.324 e. The van der Waals surface area contributed by atoms with Crippen LogP contribution in [-0.2, 0) is 27.9 Å². The number of nitrogens with one attached hydrogen (secondary N) is 2. The minimum atomic E-state index is -3.88. The SMILES string of the molecule is Cc1cccc(CNS(=O)(=O)c2cc(NC(=O)Cn3ncc(Cl)c(Cl)c3=O)ccc2C)n1. The van der Waals surface area contributed by atoms with Gasteiger partial charge in [0.15, 0.2) is 0 Å². The summed E-state index contributed by atoms with van der Waals surface area (Å²) in [6.07, 6.45) is 1.16. The summed E-state index contributed by atoms with van der Waals surface area (Å²) in [6, 6.07) is 9.79. The summed E-state index contributed by atoms with van der Waals surface area (Å²) in [5.41, 5.74) is 1.38. The van der Waals surface area contributed by atoms with Crippen LogP contribution >= 0.6 is 23.2 Å². The molecule has 0 atom stereocenters. The third-order valence-electron chi connectivity index (χ3n) is 4.39. The van der Waals surface area contributed by atoms with Crippen LogP contribution in [0, 0.1) is 13.8 Å². The van der Waals surface area contributed by atoms with E-state index >= 15 is 0 Å². The second-order valence-corrected chi connectivity index (χ2v) is 9.41. The van der Waals surface area contributed by atoms with E-state index in [0.717, 1.165) is 16.6 Å². The summed E-state index contributed by atoms with van der Waals surface area (Å²) in [5, 5.41) is 6.06. The van der Waals surface area contributed by atoms with Gasteiger partial charge >= 0.3 is 0 Å². The van der Waals surface area contributed by atoms with Crippen molar-refractivity contribution in [1.82, 2.24) is 19.5 Å². The smallest absolute Gasteiger partial charge is 0.287 e. The molecule has 0 unspecified atom stereocenters. The van der Waals surface area contributed by atoms with E-state index in [4.69, 9.17) is 23.2 Å². The van der Waals surface area contributed by atoms with Crippen molar-refractivity contribution in [3.05, 3.63) is 79.9 Å². The predicted molar refractivity (Wildman–Crippen MR) is 121 cm³/mol. The molecule has 0 bridgehead atoms. The lowest BCUT2D eigenvalue weighted by atomic mass is 10.2. The predicted octanol–water partition coefficient (Wildman–Crippen LogP) is 2.68. The van der Waals surface area contributed by atoms with Crippen LogP contribution in [-0.4, -0.2) is 29.1 Å². The zero-order chi connectivity index (χ0) is 23.5. The molecule has 32 heavy (non-hydrogen) atoms. The van der Waals surface area contributed by atoms with Gasteiger partial charge < -0.3 is 5.32 Å². The Morgan fingerprint density at radius 2 is 1.91 bits per heavy atom. The molecule has 2 N–H and O–H groups in total. The Kier molecular flexibility index (Phi) is 7.29. The van der Waals surface area contributed by atoms with Gasteiger partial charge in [-0.25, -0.2) is 17.8 Å². The Hall–Kier alpha value is -2.79. The fraction of sp³-hybridized carbons (Fsp3) is 0.200. The van der Waals surface area contributed by atoms with E-state index in [1.165, 1.54) is 6.07 Å². The fourth-order valence-corrected chi connectivity index (χ4v) is 4.34. The molecule has 2 aromatic heterocycles. The number of halogens is 2. The van der Waals surface area contributed by atoms with Crippen molar-refractivity contribution in [2.45, 2.75) is 31.8 Å². The average Bonchev–Trinajstić information content (AvgIpc) is 2.74. The van der Waals surface area contributed by atoms with Crippen LogP contribution in [0.2, 0.25) is 10.0 Å². The molecular formula is C20H19Cl2N5O4S. The molecule has 168 valence electrons. The lowest BCUT2D eigenvalue weighted by Gasteiger charge is -2.12. The number of hydrogen-bond acceptors (Lipinski definition) is 6. The molecule has 1 amide bonds. The summed E-state index contributed by atoms with van der Waals surface area (Å²) in [6.45, 7) is 3.05. The number of aromatic nitrogens is 3. The molecule has 1 aromatic carbocycles. The third-order valence-corrected chi connectivity index (χ3v) is 6.68. The fourth-order valence-electron chi connectivity index (χ4n) is 2.81. The van der Waals surface area contributed by atoms with Gasteiger partial charge in [0.25, 0.3) is 5.56 Å². The zero-order valence-electron chi connectivity index (χ0n) is 17.1. The van der Waals surface area contributed by atoms with Gasteiger partial charge in [-0.3, -0.25) is 14.6 Å². The van der Waals surface area contributed by atoms with Crippen molar-refractivity contribution in [2.75, 3.05) is 5.32 Å². The monoisotopic (exact) mass is 495 g/mol. The maximum atomic E-state index is 12.8. The maximum Gasteiger partial charge on any atom is 0.287 e. The molecule has 12 heteroatoms. The van der Waals surface area contributed by atoms with E-state index in [0.29, 0.717) is 11.3 Å². The van der Waals surface area contributed by atoms with E-state index < -0.39 is 28.0 Å². The molecule has 0 saturated carbocycles. The number of amides is 1. The highest BCUT2D eigenvalue weighted by Gasteiger charge is 2.18. The number of nitrogens with zero attached hydrogens (tertiary/aromatic N) is 3. The van der Waals surface area contributed by atoms with Crippen molar-refractivity contribution < 1.29 is 13.2 Å². The molecule has 0 aliphatic carbocycles. The van der Waals surface area contributed by atoms with E-state index in [9.17, 15) is 18.0 Å². The van der Waals surface area contributed by atoms with Crippen LogP contribution in [0.1, 0.15) is 17.0 Å². The normalized spacial score (nSPS) is 11.4. The van der Waals surface area contributed by atoms with Crippen LogP contribution in [0.25, 0.3) is 0 Å². The molecule has 0 aliphatic rings. The second kappa shape index (κ2) is 9.78. The minimum absolute atomic E-state index is 0.00721. The highest BCUT2D eigenvalue weighted by molar-refractivity contribution is 7.89. The van der Waals surface area contributed by atoms with Gasteiger partial charge in [0.05, 0.1) is 28.4 Å². The van der Waals surface area contributed by atoms with Crippen LogP contribution in [0.5, 0.6) is 0 Å². The second-order valence-electron chi connectivity index (χ2n) is 6.89. The summed E-state index contributed by atoms with van der Waals surface area (Å²) in [4.78, 5) is 28.7. The first-order valence-electron chi connectivity index (χ1n) is 9.30. The molecule has 0 fully saturated rings. The summed E-state index contributed by atoms with van der Waals surface area (Å²) < 4.78 is 29.0. The van der Waals surface area contributed by atoms with Crippen molar-refractivity contribution in [2.24, 2.45) is 0 Å². The molecule has 3 aromatic rings. The Balaban J connectivity index is 1.75. The lowest BCUT2D eigenvalue weighted by molar-refractivity contribution is -0.117. The summed E-state index contributed by atoms with van der Waals surface area (Å²) in [5.74, 6) is -0.595. The van der Waals surface area contributed by atoms with Gasteiger partial charge in [-0.2, -0.15) is 5.10 Å². The highest BCUT2D eigenvalue weighted by Crippen LogP contribution is 2.21. The maximum absolute atomic E-state index is 12.8. The van der Waals surface area contributed by atoms with E-state index in [-0.39, 0.29) is 27.2 Å². The van der Waals surface area contributed by atoms with Crippen LogP contribution in [0.3, 0.4) is 0 Å². The van der Waals surface area contributed by atoms with Gasteiger partial charge in [0.1, 0.15) is 11.6 Å². The van der Waals surface area contributed by atoms with E-state index in [1.54, 1.807) is 31.2 Å². The average molecular weight is 496 g/mol. The molecule has 0 radical (unpaired) electrons. The summed E-state index contributed by atoms with van der Waals surface area (Å²) >= 11 is 11.5. The van der Waals surface area contributed by atoms with E-state index in [2.05, 4.69) is 20.1 Å². The molecule has 9 nitrogen and oxygen atoms in total. The van der Waals surface area contributed by atoms with Crippen molar-refractivity contribution in [1.29, 1.82) is 0 Å². The lowest BCUT2D eigenvalue weighted by Crippen LogP contribution is -2.30. The Labute approximate surface area is 194 Å². The Morgan fingerprint density at radius 1 is 1.16 bits per heavy atom. The first-order chi connectivity index (χ1) is 15.1. The molecule has 0 spiro atoms. The first kappa shape index (κ1) is 23.9. The third kappa shape index (κ3) is 5.71. The number of pyridine rings is 1. The van der Waals surface area contributed by atoms with E-state index in [1.807, 2.05) is 13.0 Å². The first-order valence-corrected chi connectivity index (χ1v) is 11.5. The Morgan fingerprint density at radius 3 is 2.62 bits per heavy atom. The molecule has 0 saturated heterocycles. The van der Waals surface area contributed by atoms with Gasteiger partial charge in [0, 0.05) is 11.4 Å². The van der Waals surface area contributed by atoms with Gasteiger partial charge in [-0.1, -0.05) is 35.3 Å². The zero-order valence-corrected chi connectivity index (χ0v) is 19.4. The number of rotatable bonds is 7. The number of carbonyl (C=O) groups excluding carboxylic acids is 1. The number of anilines is 1. The number of hydrogen-bond donors (Lipinski definition) is 2. The van der Waals surface area contributed by atoms with Crippen LogP contribution in [0.4, 0.5) is 5.69 Å². The molecule has 2 heterocycles. The molecule has 3 rings (SSSR count).